The van der Waals surface area contributed by atoms with E-state index in [2.05, 4.69) is 15.1 Å². The molecule has 136 valence electrons. The third kappa shape index (κ3) is 3.27. The van der Waals surface area contributed by atoms with Crippen LogP contribution in [0.4, 0.5) is 0 Å². The van der Waals surface area contributed by atoms with E-state index < -0.39 is 12.0 Å². The maximum atomic E-state index is 11.8. The van der Waals surface area contributed by atoms with Gasteiger partial charge in [0.25, 0.3) is 0 Å². The summed E-state index contributed by atoms with van der Waals surface area (Å²) < 4.78 is 5.73. The Morgan fingerprint density at radius 1 is 1.28 bits per heavy atom. The highest BCUT2D eigenvalue weighted by Gasteiger charge is 2.49. The normalized spacial score (nSPS) is 26.3. The molecule has 1 amide bonds. The molecular formula is C17H24N4O4. The molecule has 0 radical (unpaired) electrons. The van der Waals surface area contributed by atoms with Crippen molar-refractivity contribution in [2.75, 3.05) is 19.6 Å². The van der Waals surface area contributed by atoms with Crippen LogP contribution in [-0.4, -0.2) is 62.7 Å². The lowest BCUT2D eigenvalue weighted by atomic mass is 9.76. The van der Waals surface area contributed by atoms with Gasteiger partial charge in [-0.3, -0.25) is 9.69 Å². The van der Waals surface area contributed by atoms with Gasteiger partial charge in [0.05, 0.1) is 6.54 Å². The first-order valence-electron chi connectivity index (χ1n) is 9.00. The summed E-state index contributed by atoms with van der Waals surface area (Å²) in [5, 5.41) is 17.7. The molecule has 0 unspecified atom stereocenters. The Kier molecular flexibility index (Phi) is 4.02. The molecule has 0 bridgehead atoms. The zero-order valence-electron chi connectivity index (χ0n) is 14.5. The molecule has 1 spiro atoms. The van der Waals surface area contributed by atoms with Crippen LogP contribution in [0.25, 0.3) is 0 Å². The molecule has 1 N–H and O–H groups in total. The molecule has 1 atom stereocenters. The fourth-order valence-corrected chi connectivity index (χ4v) is 4.17. The van der Waals surface area contributed by atoms with Crippen LogP contribution in [0.5, 0.6) is 0 Å². The average Bonchev–Trinajstić information content (AvgIpc) is 3.20. The summed E-state index contributed by atoms with van der Waals surface area (Å²) in [6.07, 6.45) is 4.63. The van der Waals surface area contributed by atoms with Crippen molar-refractivity contribution in [3.8, 4) is 0 Å². The first kappa shape index (κ1) is 16.5. The molecule has 0 aromatic carbocycles. The topological polar surface area (TPSA) is 99.8 Å². The van der Waals surface area contributed by atoms with E-state index in [9.17, 15) is 14.7 Å². The van der Waals surface area contributed by atoms with Gasteiger partial charge in [-0.05, 0) is 50.6 Å². The number of piperidine rings is 1. The number of hydrogen-bond acceptors (Lipinski definition) is 6. The highest BCUT2D eigenvalue weighted by Crippen LogP contribution is 2.44. The lowest BCUT2D eigenvalue weighted by Gasteiger charge is -2.38. The molecule has 1 saturated carbocycles. The summed E-state index contributed by atoms with van der Waals surface area (Å²) in [7, 11) is 0. The first-order chi connectivity index (χ1) is 12.0. The molecule has 1 aromatic heterocycles. The lowest BCUT2D eigenvalue weighted by Crippen LogP contribution is -2.42. The van der Waals surface area contributed by atoms with Gasteiger partial charge < -0.3 is 14.4 Å². The summed E-state index contributed by atoms with van der Waals surface area (Å²) >= 11 is 0. The molecule has 2 aliphatic heterocycles. The Hall–Kier alpha value is -1.96. The number of carbonyl (C=O) groups is 2. The number of rotatable bonds is 4. The van der Waals surface area contributed by atoms with Crippen molar-refractivity contribution in [3.05, 3.63) is 11.8 Å². The fraction of sp³-hybridized carbons (Fsp3) is 0.765. The van der Waals surface area contributed by atoms with E-state index in [0.29, 0.717) is 31.3 Å². The number of carboxylic acid groups (broad SMARTS) is 1. The van der Waals surface area contributed by atoms with E-state index in [1.807, 2.05) is 0 Å². The minimum atomic E-state index is -0.895. The molecule has 3 heterocycles. The third-order valence-electron chi connectivity index (χ3n) is 5.88. The van der Waals surface area contributed by atoms with Crippen molar-refractivity contribution in [1.29, 1.82) is 0 Å². The SMILES string of the molecule is CC(=O)N1CC2(CCN(Cc3nnc(C4CC4)o3)CC2)C[C@H]1C(=O)O. The number of carbonyl (C=O) groups excluding carboxylic acids is 1. The number of aliphatic carboxylic acids is 1. The number of likely N-dealkylation sites (tertiary alicyclic amines) is 2. The van der Waals surface area contributed by atoms with Crippen LogP contribution in [0.1, 0.15) is 56.7 Å². The van der Waals surface area contributed by atoms with E-state index >= 15 is 0 Å². The number of hydrogen-bond donors (Lipinski definition) is 1. The van der Waals surface area contributed by atoms with Crippen LogP contribution >= 0.6 is 0 Å². The minimum absolute atomic E-state index is 0.0702. The quantitative estimate of drug-likeness (QED) is 0.873. The minimum Gasteiger partial charge on any atom is -0.480 e. The monoisotopic (exact) mass is 348 g/mol. The second-order valence-corrected chi connectivity index (χ2v) is 7.79. The summed E-state index contributed by atoms with van der Waals surface area (Å²) in [4.78, 5) is 27.1. The van der Waals surface area contributed by atoms with E-state index in [4.69, 9.17) is 4.42 Å². The van der Waals surface area contributed by atoms with Crippen molar-refractivity contribution in [3.63, 3.8) is 0 Å². The molecule has 4 rings (SSSR count). The summed E-state index contributed by atoms with van der Waals surface area (Å²) in [6, 6.07) is -0.680. The molecular weight excluding hydrogens is 324 g/mol. The van der Waals surface area contributed by atoms with Gasteiger partial charge in [0.1, 0.15) is 6.04 Å². The molecule has 25 heavy (non-hydrogen) atoms. The van der Waals surface area contributed by atoms with Crippen LogP contribution in [0.3, 0.4) is 0 Å². The predicted octanol–water partition coefficient (Wildman–Crippen LogP) is 1.23. The molecule has 3 aliphatic rings. The van der Waals surface area contributed by atoms with E-state index in [-0.39, 0.29) is 11.3 Å². The highest BCUT2D eigenvalue weighted by atomic mass is 16.4. The zero-order valence-corrected chi connectivity index (χ0v) is 14.5. The summed E-state index contributed by atoms with van der Waals surface area (Å²) in [5.41, 5.74) is -0.0702. The Balaban J connectivity index is 1.35. The van der Waals surface area contributed by atoms with Gasteiger partial charge in [-0.2, -0.15) is 0 Å². The summed E-state index contributed by atoms with van der Waals surface area (Å²) in [6.45, 7) is 4.38. The van der Waals surface area contributed by atoms with Gasteiger partial charge in [0.2, 0.25) is 17.7 Å². The lowest BCUT2D eigenvalue weighted by molar-refractivity contribution is -0.147. The van der Waals surface area contributed by atoms with Gasteiger partial charge in [-0.25, -0.2) is 4.79 Å². The highest BCUT2D eigenvalue weighted by molar-refractivity contribution is 5.83. The van der Waals surface area contributed by atoms with E-state index in [1.54, 1.807) is 0 Å². The fourth-order valence-electron chi connectivity index (χ4n) is 4.17. The Morgan fingerprint density at radius 3 is 2.56 bits per heavy atom. The smallest absolute Gasteiger partial charge is 0.326 e. The maximum absolute atomic E-state index is 11.8. The van der Waals surface area contributed by atoms with Crippen LogP contribution in [-0.2, 0) is 16.1 Å². The zero-order chi connectivity index (χ0) is 17.6. The average molecular weight is 348 g/mol. The van der Waals surface area contributed by atoms with Crippen LogP contribution in [0.2, 0.25) is 0 Å². The maximum Gasteiger partial charge on any atom is 0.326 e. The molecule has 1 aliphatic carbocycles. The first-order valence-corrected chi connectivity index (χ1v) is 9.00. The molecule has 3 fully saturated rings. The van der Waals surface area contributed by atoms with Crippen LogP contribution in [0.15, 0.2) is 4.42 Å². The van der Waals surface area contributed by atoms with Crippen molar-refractivity contribution in [2.45, 2.75) is 57.5 Å². The van der Waals surface area contributed by atoms with Gasteiger partial charge in [0, 0.05) is 19.4 Å². The van der Waals surface area contributed by atoms with Crippen molar-refractivity contribution < 1.29 is 19.1 Å². The van der Waals surface area contributed by atoms with Crippen LogP contribution < -0.4 is 0 Å². The Morgan fingerprint density at radius 2 is 2.00 bits per heavy atom. The van der Waals surface area contributed by atoms with Gasteiger partial charge in [0.15, 0.2) is 0 Å². The largest absolute Gasteiger partial charge is 0.480 e. The molecule has 8 nitrogen and oxygen atoms in total. The standard InChI is InChI=1S/C17H24N4O4/c1-11(22)21-10-17(8-13(21)16(23)24)4-6-20(7-5-17)9-14-18-19-15(25-14)12-2-3-12/h12-13H,2-10H2,1H3,(H,23,24)/t13-/m0/s1. The second kappa shape index (κ2) is 6.09. The third-order valence-corrected chi connectivity index (χ3v) is 5.88. The Labute approximate surface area is 146 Å². The van der Waals surface area contributed by atoms with Gasteiger partial charge in [-0.15, -0.1) is 10.2 Å². The number of amides is 1. The van der Waals surface area contributed by atoms with Crippen molar-refractivity contribution in [1.82, 2.24) is 20.0 Å². The number of nitrogens with zero attached hydrogens (tertiary/aromatic N) is 4. The number of aromatic nitrogens is 2. The van der Waals surface area contributed by atoms with E-state index in [1.165, 1.54) is 11.8 Å². The predicted molar refractivity (Wildman–Crippen MR) is 86.6 cm³/mol. The molecule has 1 aromatic rings. The van der Waals surface area contributed by atoms with Crippen LogP contribution in [0, 0.1) is 5.41 Å². The molecule has 8 heteroatoms. The number of carboxylic acids is 1. The molecule has 2 saturated heterocycles. The summed E-state index contributed by atoms with van der Waals surface area (Å²) in [5.74, 6) is 0.853. The Bertz CT molecular complexity index is 652. The van der Waals surface area contributed by atoms with Gasteiger partial charge in [-0.1, -0.05) is 0 Å². The van der Waals surface area contributed by atoms with Crippen molar-refractivity contribution in [2.24, 2.45) is 5.41 Å². The van der Waals surface area contributed by atoms with E-state index in [0.717, 1.165) is 44.7 Å². The second-order valence-electron chi connectivity index (χ2n) is 7.79. The van der Waals surface area contributed by atoms with Crippen molar-refractivity contribution >= 4 is 11.9 Å². The van der Waals surface area contributed by atoms with Gasteiger partial charge >= 0.3 is 5.97 Å².